The van der Waals surface area contributed by atoms with Crippen molar-refractivity contribution in [3.05, 3.63) is 23.8 Å². The lowest BCUT2D eigenvalue weighted by Gasteiger charge is -2.36. The van der Waals surface area contributed by atoms with Crippen LogP contribution in [-0.4, -0.2) is 58.2 Å². The fourth-order valence-corrected chi connectivity index (χ4v) is 5.19. The molecule has 2 aliphatic heterocycles. The number of amides is 1. The normalized spacial score (nSPS) is 18.8. The average molecular weight is 442 g/mol. The fraction of sp³-hybridized carbons (Fsp3) is 0.640. The summed E-state index contributed by atoms with van der Waals surface area (Å²) in [5, 5.41) is 18.0. The van der Waals surface area contributed by atoms with Crippen molar-refractivity contribution in [3.8, 4) is 0 Å². The quantitative estimate of drug-likeness (QED) is 0.331. The van der Waals surface area contributed by atoms with Crippen LogP contribution in [0.2, 0.25) is 0 Å². The number of aldehydes is 1. The molecule has 2 aliphatic rings. The Morgan fingerprint density at radius 2 is 1.88 bits per heavy atom. The molecule has 1 atom stereocenters. The number of carbonyl (C=O) groups is 2. The first-order valence-electron chi connectivity index (χ1n) is 12.1. The van der Waals surface area contributed by atoms with E-state index in [2.05, 4.69) is 33.0 Å². The van der Waals surface area contributed by atoms with Crippen LogP contribution in [0.15, 0.2) is 18.2 Å². The third kappa shape index (κ3) is 6.09. The second kappa shape index (κ2) is 12.0. The summed E-state index contributed by atoms with van der Waals surface area (Å²) in [4.78, 5) is 25.6. The Hall–Kier alpha value is -2.41. The number of hydrogen-bond donors (Lipinski definition) is 4. The lowest BCUT2D eigenvalue weighted by atomic mass is 9.83. The van der Waals surface area contributed by atoms with Gasteiger partial charge >= 0.3 is 0 Å². The molecule has 1 aromatic carbocycles. The van der Waals surface area contributed by atoms with E-state index in [4.69, 9.17) is 5.41 Å². The highest BCUT2D eigenvalue weighted by atomic mass is 16.1. The molecular weight excluding hydrogens is 402 g/mol. The third-order valence-corrected chi connectivity index (χ3v) is 7.15. The van der Waals surface area contributed by atoms with Gasteiger partial charge in [-0.05, 0) is 81.6 Å². The Bertz CT molecular complexity index is 783. The number of nitrogens with one attached hydrogen (secondary N) is 4. The molecule has 1 amide bonds. The molecule has 0 saturated carbocycles. The van der Waals surface area contributed by atoms with Crippen molar-refractivity contribution in [2.45, 2.75) is 44.9 Å². The second-order valence-corrected chi connectivity index (χ2v) is 9.16. The number of carbonyl (C=O) groups excluding carboxylic acids is 2. The molecule has 3 rings (SSSR count). The molecule has 176 valence electrons. The summed E-state index contributed by atoms with van der Waals surface area (Å²) in [6, 6.07) is 6.11. The molecule has 32 heavy (non-hydrogen) atoms. The summed E-state index contributed by atoms with van der Waals surface area (Å²) in [5.41, 5.74) is 2.99. The van der Waals surface area contributed by atoms with Crippen molar-refractivity contribution in [1.82, 2.24) is 10.6 Å². The van der Waals surface area contributed by atoms with Gasteiger partial charge in [0.2, 0.25) is 5.91 Å². The summed E-state index contributed by atoms with van der Waals surface area (Å²) in [6.07, 6.45) is 7.90. The average Bonchev–Trinajstić information content (AvgIpc) is 2.84. The van der Waals surface area contributed by atoms with Crippen LogP contribution >= 0.6 is 0 Å². The molecule has 0 aromatic heterocycles. The van der Waals surface area contributed by atoms with Gasteiger partial charge in [0.15, 0.2) is 0 Å². The molecule has 2 heterocycles. The van der Waals surface area contributed by atoms with Crippen LogP contribution < -0.4 is 20.9 Å². The maximum atomic E-state index is 12.3. The Morgan fingerprint density at radius 3 is 2.50 bits per heavy atom. The van der Waals surface area contributed by atoms with Gasteiger partial charge in [-0.25, -0.2) is 0 Å². The van der Waals surface area contributed by atoms with E-state index in [9.17, 15) is 9.59 Å². The highest BCUT2D eigenvalue weighted by molar-refractivity contribution is 6.14. The number of anilines is 2. The van der Waals surface area contributed by atoms with E-state index < -0.39 is 5.92 Å². The zero-order valence-electron chi connectivity index (χ0n) is 19.6. The first kappa shape index (κ1) is 24.2. The predicted octanol–water partition coefficient (Wildman–Crippen LogP) is 3.04. The summed E-state index contributed by atoms with van der Waals surface area (Å²) < 4.78 is 0. The molecular formula is C25H39N5O2. The Balaban J connectivity index is 1.65. The van der Waals surface area contributed by atoms with Gasteiger partial charge in [-0.2, -0.15) is 0 Å². The minimum absolute atomic E-state index is 0.223. The van der Waals surface area contributed by atoms with E-state index in [-0.39, 0.29) is 18.0 Å². The first-order valence-corrected chi connectivity index (χ1v) is 12.1. The van der Waals surface area contributed by atoms with Gasteiger partial charge in [-0.15, -0.1) is 0 Å². The van der Waals surface area contributed by atoms with Crippen LogP contribution in [0.4, 0.5) is 11.4 Å². The molecule has 7 heteroatoms. The lowest BCUT2D eigenvalue weighted by molar-refractivity contribution is -0.122. The number of hydrogen-bond acceptors (Lipinski definition) is 6. The molecule has 1 aromatic rings. The zero-order chi connectivity index (χ0) is 22.9. The summed E-state index contributed by atoms with van der Waals surface area (Å²) >= 11 is 0. The topological polar surface area (TPSA) is 97.3 Å². The molecule has 2 fully saturated rings. The van der Waals surface area contributed by atoms with Gasteiger partial charge in [-0.1, -0.05) is 0 Å². The van der Waals surface area contributed by atoms with E-state index in [1.807, 2.05) is 13.1 Å². The fourth-order valence-electron chi connectivity index (χ4n) is 5.19. The van der Waals surface area contributed by atoms with Gasteiger partial charge in [-0.3, -0.25) is 4.79 Å². The molecule has 4 N–H and O–H groups in total. The smallest absolute Gasteiger partial charge is 0.228 e. The summed E-state index contributed by atoms with van der Waals surface area (Å²) in [7, 11) is 3.42. The van der Waals surface area contributed by atoms with Gasteiger partial charge in [0.25, 0.3) is 0 Å². The molecule has 0 spiro atoms. The molecule has 0 aliphatic carbocycles. The third-order valence-electron chi connectivity index (χ3n) is 7.15. The van der Waals surface area contributed by atoms with Crippen molar-refractivity contribution < 1.29 is 9.59 Å². The van der Waals surface area contributed by atoms with Crippen molar-refractivity contribution in [3.63, 3.8) is 0 Å². The number of rotatable bonds is 10. The lowest BCUT2D eigenvalue weighted by Crippen LogP contribution is -2.36. The zero-order valence-corrected chi connectivity index (χ0v) is 19.6. The standard InChI is InChI=1S/C25H39N5O2/c1-27-23-17-20(5-6-21(23)24(26)22(4-3-15-31)25(32)28-2)30-13-9-19(10-14-30)16-18-7-11-29-12-8-18/h5-6,15,17-19,22,26-27,29H,3-4,7-14,16H2,1-2H3,(H,28,32). The number of benzene rings is 1. The van der Waals surface area contributed by atoms with Crippen molar-refractivity contribution >= 4 is 29.3 Å². The van der Waals surface area contributed by atoms with Crippen LogP contribution in [0.3, 0.4) is 0 Å². The molecule has 0 radical (unpaired) electrons. The van der Waals surface area contributed by atoms with E-state index in [0.29, 0.717) is 6.42 Å². The van der Waals surface area contributed by atoms with Crippen molar-refractivity contribution in [2.24, 2.45) is 17.8 Å². The molecule has 0 bridgehead atoms. The highest BCUT2D eigenvalue weighted by Gasteiger charge is 2.27. The van der Waals surface area contributed by atoms with E-state index in [1.165, 1.54) is 45.2 Å². The Labute approximate surface area is 192 Å². The minimum Gasteiger partial charge on any atom is -0.388 e. The van der Waals surface area contributed by atoms with Crippen LogP contribution in [0.25, 0.3) is 0 Å². The van der Waals surface area contributed by atoms with Gasteiger partial charge in [0, 0.05) is 50.5 Å². The van der Waals surface area contributed by atoms with Crippen LogP contribution in [-0.2, 0) is 9.59 Å². The SMILES string of the molecule is CNC(=O)C(CCC=O)C(=N)c1ccc(N2CCC(CC3CCNCC3)CC2)cc1NC. The number of piperidine rings is 2. The molecule has 1 unspecified atom stereocenters. The minimum atomic E-state index is -0.631. The largest absolute Gasteiger partial charge is 0.388 e. The molecule has 2 saturated heterocycles. The van der Waals surface area contributed by atoms with Crippen LogP contribution in [0, 0.1) is 23.2 Å². The van der Waals surface area contributed by atoms with Crippen LogP contribution in [0.1, 0.15) is 50.5 Å². The van der Waals surface area contributed by atoms with Crippen molar-refractivity contribution in [2.75, 3.05) is 50.5 Å². The monoisotopic (exact) mass is 441 g/mol. The van der Waals surface area contributed by atoms with E-state index in [1.54, 1.807) is 7.05 Å². The second-order valence-electron chi connectivity index (χ2n) is 9.16. The molecule has 7 nitrogen and oxygen atoms in total. The predicted molar refractivity (Wildman–Crippen MR) is 131 cm³/mol. The van der Waals surface area contributed by atoms with E-state index in [0.717, 1.165) is 48.1 Å². The van der Waals surface area contributed by atoms with Gasteiger partial charge in [0.05, 0.1) is 11.6 Å². The summed E-state index contributed by atoms with van der Waals surface area (Å²) in [5.74, 6) is 0.867. The van der Waals surface area contributed by atoms with E-state index >= 15 is 0 Å². The van der Waals surface area contributed by atoms with Crippen molar-refractivity contribution in [1.29, 1.82) is 5.41 Å². The maximum Gasteiger partial charge on any atom is 0.228 e. The number of nitrogens with zero attached hydrogens (tertiary/aromatic N) is 1. The summed E-state index contributed by atoms with van der Waals surface area (Å²) in [6.45, 7) is 4.48. The van der Waals surface area contributed by atoms with Gasteiger partial charge < -0.3 is 31.1 Å². The first-order chi connectivity index (χ1) is 15.6. The maximum absolute atomic E-state index is 12.3. The highest BCUT2D eigenvalue weighted by Crippen LogP contribution is 2.32. The van der Waals surface area contributed by atoms with Crippen LogP contribution in [0.5, 0.6) is 0 Å². The van der Waals surface area contributed by atoms with Gasteiger partial charge in [0.1, 0.15) is 6.29 Å². The Morgan fingerprint density at radius 1 is 1.19 bits per heavy atom. The Kier molecular flexibility index (Phi) is 9.09.